The summed E-state index contributed by atoms with van der Waals surface area (Å²) < 4.78 is 0. The van der Waals surface area contributed by atoms with E-state index in [-0.39, 0.29) is 0 Å². The van der Waals surface area contributed by atoms with Crippen molar-refractivity contribution >= 4 is 0 Å². The van der Waals surface area contributed by atoms with Gasteiger partial charge in [-0.05, 0) is 35.8 Å². The molecule has 78 valence electrons. The number of hydrogen-bond donors (Lipinski definition) is 1. The average Bonchev–Trinajstić information content (AvgIpc) is 2.63. The zero-order valence-electron chi connectivity index (χ0n) is 8.76. The molecule has 0 saturated carbocycles. The Kier molecular flexibility index (Phi) is 2.14. The predicted molar refractivity (Wildman–Crippen MR) is 60.9 cm³/mol. The van der Waals surface area contributed by atoms with E-state index < -0.39 is 0 Å². The first-order valence-corrected chi connectivity index (χ1v) is 5.76. The van der Waals surface area contributed by atoms with Gasteiger partial charge in [0.05, 0.1) is 6.61 Å². The molecule has 0 fully saturated rings. The fraction of sp³-hybridized carbons (Fsp3) is 0.429. The van der Waals surface area contributed by atoms with Crippen LogP contribution in [-0.4, -0.2) is 11.7 Å². The molecule has 0 amide bonds. The van der Waals surface area contributed by atoms with Crippen molar-refractivity contribution in [3.05, 3.63) is 47.5 Å². The van der Waals surface area contributed by atoms with Gasteiger partial charge < -0.3 is 5.11 Å². The fourth-order valence-electron chi connectivity index (χ4n) is 3.29. The second-order valence-electron chi connectivity index (χ2n) is 4.63. The van der Waals surface area contributed by atoms with E-state index in [0.29, 0.717) is 24.4 Å². The van der Waals surface area contributed by atoms with Crippen LogP contribution in [0.2, 0.25) is 0 Å². The molecule has 0 saturated heterocycles. The zero-order chi connectivity index (χ0) is 10.3. The molecule has 3 unspecified atom stereocenters. The molecule has 1 N–H and O–H groups in total. The minimum atomic E-state index is 0.298. The first-order chi connectivity index (χ1) is 7.42. The minimum Gasteiger partial charge on any atom is -0.396 e. The maximum absolute atomic E-state index is 9.53. The topological polar surface area (TPSA) is 20.2 Å². The summed E-state index contributed by atoms with van der Waals surface area (Å²) in [6, 6.07) is 8.64. The lowest BCUT2D eigenvalue weighted by Gasteiger charge is -2.25. The van der Waals surface area contributed by atoms with E-state index in [0.717, 1.165) is 12.8 Å². The van der Waals surface area contributed by atoms with E-state index in [9.17, 15) is 5.11 Å². The highest BCUT2D eigenvalue weighted by molar-refractivity contribution is 5.41. The summed E-state index contributed by atoms with van der Waals surface area (Å²) in [5, 5.41) is 9.53. The fourth-order valence-corrected chi connectivity index (χ4v) is 3.29. The number of benzene rings is 1. The monoisotopic (exact) mass is 200 g/mol. The Bertz CT molecular complexity index is 394. The van der Waals surface area contributed by atoms with Gasteiger partial charge in [0.2, 0.25) is 0 Å². The first kappa shape index (κ1) is 9.17. The molecule has 2 aliphatic rings. The van der Waals surface area contributed by atoms with E-state index in [2.05, 4.69) is 36.4 Å². The van der Waals surface area contributed by atoms with E-state index in [4.69, 9.17) is 0 Å². The standard InChI is InChI=1S/C14H16O/c15-9-14-12-7-3-1-5-10(12)11-6-2-4-8-13(11)14/h1-5,7,11,13-15H,6,8-9H2. The van der Waals surface area contributed by atoms with Gasteiger partial charge in [-0.3, -0.25) is 0 Å². The van der Waals surface area contributed by atoms with Gasteiger partial charge in [0.1, 0.15) is 0 Å². The second-order valence-corrected chi connectivity index (χ2v) is 4.63. The van der Waals surface area contributed by atoms with Gasteiger partial charge >= 0.3 is 0 Å². The van der Waals surface area contributed by atoms with Gasteiger partial charge in [0.25, 0.3) is 0 Å². The van der Waals surface area contributed by atoms with Crippen LogP contribution in [0.4, 0.5) is 0 Å². The van der Waals surface area contributed by atoms with Gasteiger partial charge in [-0.2, -0.15) is 0 Å². The van der Waals surface area contributed by atoms with Gasteiger partial charge in [0.15, 0.2) is 0 Å². The van der Waals surface area contributed by atoms with Crippen molar-refractivity contribution in [2.75, 3.05) is 6.61 Å². The molecule has 0 aliphatic heterocycles. The van der Waals surface area contributed by atoms with E-state index >= 15 is 0 Å². The summed E-state index contributed by atoms with van der Waals surface area (Å²) in [5.74, 6) is 1.66. The van der Waals surface area contributed by atoms with Crippen LogP contribution in [0.3, 0.4) is 0 Å². The largest absolute Gasteiger partial charge is 0.396 e. The number of fused-ring (bicyclic) bond motifs is 3. The zero-order valence-corrected chi connectivity index (χ0v) is 8.76. The van der Waals surface area contributed by atoms with Crippen LogP contribution >= 0.6 is 0 Å². The van der Waals surface area contributed by atoms with Gasteiger partial charge in [0, 0.05) is 5.92 Å². The Hall–Kier alpha value is -1.08. The molecule has 0 aromatic heterocycles. The summed E-state index contributed by atoms with van der Waals surface area (Å²) in [5.41, 5.74) is 2.87. The molecule has 1 aromatic carbocycles. The summed E-state index contributed by atoms with van der Waals surface area (Å²) in [4.78, 5) is 0. The first-order valence-electron chi connectivity index (χ1n) is 5.76. The third-order valence-corrected chi connectivity index (χ3v) is 3.99. The number of aliphatic hydroxyl groups excluding tert-OH is 1. The molecule has 0 spiro atoms. The van der Waals surface area contributed by atoms with E-state index in [1.807, 2.05) is 0 Å². The van der Waals surface area contributed by atoms with Crippen LogP contribution in [0.25, 0.3) is 0 Å². The Morgan fingerprint density at radius 1 is 1.07 bits per heavy atom. The SMILES string of the molecule is OCC1c2ccccc2C2CC=CCC12. The molecule has 1 aromatic rings. The molecule has 1 heteroatoms. The van der Waals surface area contributed by atoms with Crippen LogP contribution in [0.1, 0.15) is 35.8 Å². The quantitative estimate of drug-likeness (QED) is 0.691. The van der Waals surface area contributed by atoms with Crippen LogP contribution in [0, 0.1) is 5.92 Å². The summed E-state index contributed by atoms with van der Waals surface area (Å²) >= 11 is 0. The van der Waals surface area contributed by atoms with Gasteiger partial charge in [-0.1, -0.05) is 36.4 Å². The van der Waals surface area contributed by atoms with Crippen molar-refractivity contribution in [1.82, 2.24) is 0 Å². The van der Waals surface area contributed by atoms with Crippen molar-refractivity contribution in [3.8, 4) is 0 Å². The third kappa shape index (κ3) is 1.26. The predicted octanol–water partition coefficient (Wildman–Crippen LogP) is 2.83. The smallest absolute Gasteiger partial charge is 0.0502 e. The minimum absolute atomic E-state index is 0.298. The summed E-state index contributed by atoms with van der Waals surface area (Å²) in [6.45, 7) is 0.298. The Balaban J connectivity index is 2.08. The molecule has 2 aliphatic carbocycles. The molecule has 0 radical (unpaired) electrons. The summed E-state index contributed by atoms with van der Waals surface area (Å²) in [6.07, 6.45) is 6.84. The molecular weight excluding hydrogens is 184 g/mol. The molecule has 0 bridgehead atoms. The van der Waals surface area contributed by atoms with E-state index in [1.54, 1.807) is 0 Å². The lowest BCUT2D eigenvalue weighted by Crippen LogP contribution is -2.16. The highest BCUT2D eigenvalue weighted by atomic mass is 16.3. The van der Waals surface area contributed by atoms with Crippen LogP contribution in [-0.2, 0) is 0 Å². The Morgan fingerprint density at radius 2 is 1.80 bits per heavy atom. The maximum atomic E-state index is 9.53. The number of rotatable bonds is 1. The second kappa shape index (κ2) is 3.49. The molecule has 0 heterocycles. The van der Waals surface area contributed by atoms with Crippen molar-refractivity contribution in [2.24, 2.45) is 5.92 Å². The number of allylic oxidation sites excluding steroid dienone is 2. The third-order valence-electron chi connectivity index (χ3n) is 3.99. The molecular formula is C14H16O. The summed E-state index contributed by atoms with van der Waals surface area (Å²) in [7, 11) is 0. The Labute approximate surface area is 90.4 Å². The lowest BCUT2D eigenvalue weighted by atomic mass is 9.80. The van der Waals surface area contributed by atoms with Crippen molar-refractivity contribution in [2.45, 2.75) is 24.7 Å². The van der Waals surface area contributed by atoms with Crippen LogP contribution < -0.4 is 0 Å². The normalized spacial score (nSPS) is 32.5. The molecule has 15 heavy (non-hydrogen) atoms. The lowest BCUT2D eigenvalue weighted by molar-refractivity contribution is 0.221. The highest BCUT2D eigenvalue weighted by Crippen LogP contribution is 2.51. The highest BCUT2D eigenvalue weighted by Gasteiger charge is 2.39. The number of aliphatic hydroxyl groups is 1. The molecule has 3 atom stereocenters. The molecule has 3 rings (SSSR count). The van der Waals surface area contributed by atoms with Gasteiger partial charge in [-0.15, -0.1) is 0 Å². The van der Waals surface area contributed by atoms with Crippen molar-refractivity contribution < 1.29 is 5.11 Å². The van der Waals surface area contributed by atoms with Crippen molar-refractivity contribution in [1.29, 1.82) is 0 Å². The average molecular weight is 200 g/mol. The number of hydrogen-bond acceptors (Lipinski definition) is 1. The van der Waals surface area contributed by atoms with Crippen LogP contribution in [0.15, 0.2) is 36.4 Å². The van der Waals surface area contributed by atoms with Crippen molar-refractivity contribution in [3.63, 3.8) is 0 Å². The molecule has 1 nitrogen and oxygen atoms in total. The Morgan fingerprint density at radius 3 is 2.60 bits per heavy atom. The van der Waals surface area contributed by atoms with E-state index in [1.165, 1.54) is 11.1 Å². The maximum Gasteiger partial charge on any atom is 0.0502 e. The van der Waals surface area contributed by atoms with Gasteiger partial charge in [-0.25, -0.2) is 0 Å². The van der Waals surface area contributed by atoms with Crippen LogP contribution in [0.5, 0.6) is 0 Å².